The van der Waals surface area contributed by atoms with E-state index in [1.165, 1.54) is 16.7 Å². The summed E-state index contributed by atoms with van der Waals surface area (Å²) < 4.78 is 4.58. The summed E-state index contributed by atoms with van der Waals surface area (Å²) in [6, 6.07) is 6.52. The van der Waals surface area contributed by atoms with Crippen LogP contribution in [0, 0.1) is 11.8 Å². The fourth-order valence-corrected chi connectivity index (χ4v) is 8.26. The quantitative estimate of drug-likeness (QED) is 0.451. The number of esters is 1. The molecule has 0 aliphatic carbocycles. The number of rotatable bonds is 6. The van der Waals surface area contributed by atoms with E-state index in [1.54, 1.807) is 11.8 Å². The first-order chi connectivity index (χ1) is 17.9. The van der Waals surface area contributed by atoms with E-state index >= 15 is 0 Å². The molecule has 2 saturated heterocycles. The van der Waals surface area contributed by atoms with Gasteiger partial charge in [-0.3, -0.25) is 14.4 Å². The third-order valence-electron chi connectivity index (χ3n) is 8.09. The van der Waals surface area contributed by atoms with Crippen molar-refractivity contribution in [3.8, 4) is 0 Å². The van der Waals surface area contributed by atoms with Crippen LogP contribution in [0.3, 0.4) is 0 Å². The molecule has 1 aromatic rings. The lowest BCUT2D eigenvalue weighted by molar-refractivity contribution is -0.153. The van der Waals surface area contributed by atoms with Crippen LogP contribution in [0.15, 0.2) is 48.6 Å². The van der Waals surface area contributed by atoms with Crippen LogP contribution in [0.2, 0.25) is 0 Å². The molecular formula is C28H35N3O5S. The fraction of sp³-hybridized carbons (Fsp3) is 0.536. The van der Waals surface area contributed by atoms with Crippen molar-refractivity contribution in [2.75, 3.05) is 42.6 Å². The van der Waals surface area contributed by atoms with Crippen LogP contribution in [0.5, 0.6) is 0 Å². The van der Waals surface area contributed by atoms with E-state index in [9.17, 15) is 19.5 Å². The number of aliphatic hydroxyl groups is 1. The van der Waals surface area contributed by atoms with Crippen molar-refractivity contribution < 1.29 is 24.2 Å². The molecule has 4 heterocycles. The van der Waals surface area contributed by atoms with Gasteiger partial charge in [-0.1, -0.05) is 24.3 Å². The number of nitrogens with zero attached hydrogens (tertiary/aromatic N) is 3. The number of ether oxygens (including phenoxy) is 1. The molecule has 2 fully saturated rings. The maximum Gasteiger partial charge on any atom is 0.311 e. The average molecular weight is 526 g/mol. The Bertz CT molecular complexity index is 1120. The summed E-state index contributed by atoms with van der Waals surface area (Å²) in [5, 5.41) is 9.79. The Morgan fingerprint density at radius 1 is 1.14 bits per heavy atom. The molecule has 0 bridgehead atoms. The molecule has 1 aromatic carbocycles. The van der Waals surface area contributed by atoms with Crippen molar-refractivity contribution >= 4 is 40.9 Å². The van der Waals surface area contributed by atoms with Gasteiger partial charge < -0.3 is 24.5 Å². The van der Waals surface area contributed by atoms with Crippen molar-refractivity contribution in [1.82, 2.24) is 4.90 Å². The predicted octanol–water partition coefficient (Wildman–Crippen LogP) is 2.62. The van der Waals surface area contributed by atoms with Gasteiger partial charge in [-0.25, -0.2) is 0 Å². The number of benzene rings is 1. The molecule has 4 aliphatic rings. The monoisotopic (exact) mass is 525 g/mol. The molecule has 1 unspecified atom stereocenters. The summed E-state index contributed by atoms with van der Waals surface area (Å²) >= 11 is 1.51. The number of carbonyl (C=O) groups excluding carboxylic acids is 3. The summed E-state index contributed by atoms with van der Waals surface area (Å²) in [4.78, 5) is 46.9. The van der Waals surface area contributed by atoms with Crippen LogP contribution >= 0.6 is 11.8 Å². The van der Waals surface area contributed by atoms with Gasteiger partial charge >= 0.3 is 5.97 Å². The van der Waals surface area contributed by atoms with Gasteiger partial charge in [-0.05, 0) is 51.5 Å². The maximum absolute atomic E-state index is 14.3. The van der Waals surface area contributed by atoms with E-state index in [0.29, 0.717) is 13.0 Å². The highest BCUT2D eigenvalue weighted by atomic mass is 32.2. The van der Waals surface area contributed by atoms with E-state index in [4.69, 9.17) is 4.74 Å². The van der Waals surface area contributed by atoms with E-state index in [1.807, 2.05) is 48.6 Å². The van der Waals surface area contributed by atoms with E-state index in [2.05, 4.69) is 18.7 Å². The SMILES string of the molecule is CCN(CC)c1ccc(N2CC=C[C@]34S[C@H]5C=CCCOC(=O)[C@H]5[C@H]3C(=O)N([C@H](C)CO)C4C2=O)cc1. The molecule has 8 nitrogen and oxygen atoms in total. The van der Waals surface area contributed by atoms with Gasteiger partial charge in [0.1, 0.15) is 6.04 Å². The minimum absolute atomic E-state index is 0.198. The van der Waals surface area contributed by atoms with Crippen LogP contribution in [0.25, 0.3) is 0 Å². The molecule has 4 aliphatic heterocycles. The third-order valence-corrected chi connectivity index (χ3v) is 9.83. The van der Waals surface area contributed by atoms with Crippen LogP contribution in [-0.4, -0.2) is 82.7 Å². The standard InChI is InChI=1S/C28H35N3O5S/c1-4-29(5-2)19-10-12-20(13-11-19)30-15-8-14-28-23(22-21(37-28)9-6-7-16-36-27(22)35)25(33)31(18(3)17-32)24(28)26(30)34/h6,8-14,18,21-24,32H,4-5,7,15-17H2,1-3H3/t18-,21+,22-,23+,24?,28+/m1/s1. The van der Waals surface area contributed by atoms with Gasteiger partial charge in [0.05, 0.1) is 35.8 Å². The zero-order valence-corrected chi connectivity index (χ0v) is 22.4. The highest BCUT2D eigenvalue weighted by Gasteiger charge is 2.71. The highest BCUT2D eigenvalue weighted by molar-refractivity contribution is 8.02. The Balaban J connectivity index is 1.56. The Kier molecular flexibility index (Phi) is 7.11. The molecule has 1 N–H and O–H groups in total. The Morgan fingerprint density at radius 3 is 2.54 bits per heavy atom. The topological polar surface area (TPSA) is 90.4 Å². The number of anilines is 2. The number of fused-ring (bicyclic) bond motifs is 2. The average Bonchev–Trinajstić information content (AvgIpc) is 3.28. The highest BCUT2D eigenvalue weighted by Crippen LogP contribution is 2.61. The number of hydrogen-bond acceptors (Lipinski definition) is 7. The van der Waals surface area contributed by atoms with Crippen LogP contribution in [0.4, 0.5) is 11.4 Å². The zero-order chi connectivity index (χ0) is 26.3. The summed E-state index contributed by atoms with van der Waals surface area (Å²) in [5.74, 6) is -2.26. The smallest absolute Gasteiger partial charge is 0.311 e. The van der Waals surface area contributed by atoms with E-state index < -0.39 is 28.7 Å². The molecule has 37 heavy (non-hydrogen) atoms. The van der Waals surface area contributed by atoms with Crippen molar-refractivity contribution in [3.05, 3.63) is 48.6 Å². The van der Waals surface area contributed by atoms with Gasteiger partial charge in [-0.2, -0.15) is 0 Å². The summed E-state index contributed by atoms with van der Waals surface area (Å²) in [6.07, 6.45) is 8.55. The van der Waals surface area contributed by atoms with E-state index in [0.717, 1.165) is 24.5 Å². The number of aliphatic hydroxyl groups excluding tert-OH is 1. The second kappa shape index (κ2) is 10.2. The Hall–Kier alpha value is -2.78. The van der Waals surface area contributed by atoms with Crippen LogP contribution in [-0.2, 0) is 19.1 Å². The normalized spacial score (nSPS) is 31.7. The number of cyclic esters (lactones) is 1. The van der Waals surface area contributed by atoms with Gasteiger partial charge in [0, 0.05) is 36.3 Å². The largest absolute Gasteiger partial charge is 0.465 e. The minimum atomic E-state index is -0.920. The van der Waals surface area contributed by atoms with Crippen molar-refractivity contribution in [2.45, 2.75) is 49.3 Å². The zero-order valence-electron chi connectivity index (χ0n) is 21.6. The van der Waals surface area contributed by atoms with Crippen molar-refractivity contribution in [2.24, 2.45) is 11.8 Å². The first-order valence-corrected chi connectivity index (χ1v) is 14.0. The molecule has 198 valence electrons. The van der Waals surface area contributed by atoms with Gasteiger partial charge in [0.15, 0.2) is 0 Å². The first-order valence-electron chi connectivity index (χ1n) is 13.2. The number of hydrogen-bond donors (Lipinski definition) is 1. The van der Waals surface area contributed by atoms with Gasteiger partial charge in [0.25, 0.3) is 5.91 Å². The van der Waals surface area contributed by atoms with Crippen LogP contribution < -0.4 is 9.80 Å². The Morgan fingerprint density at radius 2 is 1.86 bits per heavy atom. The summed E-state index contributed by atoms with van der Waals surface area (Å²) in [5.41, 5.74) is 1.84. The Labute approximate surface area is 222 Å². The van der Waals surface area contributed by atoms with Crippen LogP contribution in [0.1, 0.15) is 27.2 Å². The van der Waals surface area contributed by atoms with Gasteiger partial charge in [-0.15, -0.1) is 11.8 Å². The molecule has 9 heteroatoms. The summed E-state index contributed by atoms with van der Waals surface area (Å²) in [6.45, 7) is 8.11. The van der Waals surface area contributed by atoms with Crippen molar-refractivity contribution in [3.63, 3.8) is 0 Å². The molecule has 0 aromatic heterocycles. The molecule has 1 spiro atoms. The number of amides is 2. The first kappa shape index (κ1) is 25.9. The maximum atomic E-state index is 14.3. The third kappa shape index (κ3) is 4.07. The number of carbonyl (C=O) groups is 3. The molecule has 6 atom stereocenters. The van der Waals surface area contributed by atoms with E-state index in [-0.39, 0.29) is 36.2 Å². The summed E-state index contributed by atoms with van der Waals surface area (Å²) in [7, 11) is 0. The molecule has 5 rings (SSSR count). The predicted molar refractivity (Wildman–Crippen MR) is 144 cm³/mol. The molecule has 2 amide bonds. The number of thioether (sulfide) groups is 1. The molecule has 0 radical (unpaired) electrons. The second-order valence-electron chi connectivity index (χ2n) is 10.0. The lowest BCUT2D eigenvalue weighted by Gasteiger charge is -2.37. The molecule has 0 saturated carbocycles. The lowest BCUT2D eigenvalue weighted by atomic mass is 9.78. The molecular weight excluding hydrogens is 490 g/mol. The minimum Gasteiger partial charge on any atom is -0.465 e. The number of likely N-dealkylation sites (tertiary alicyclic amines) is 1. The van der Waals surface area contributed by atoms with Gasteiger partial charge in [0.2, 0.25) is 5.91 Å². The lowest BCUT2D eigenvalue weighted by Crippen LogP contribution is -2.56. The van der Waals surface area contributed by atoms with Crippen molar-refractivity contribution in [1.29, 1.82) is 0 Å². The second-order valence-corrected chi connectivity index (χ2v) is 11.5. The fourth-order valence-electron chi connectivity index (χ4n) is 6.27.